The van der Waals surface area contributed by atoms with Crippen molar-refractivity contribution in [3.05, 3.63) is 164 Å². The van der Waals surface area contributed by atoms with Gasteiger partial charge in [-0.2, -0.15) is 9.97 Å². The molecule has 0 aliphatic heterocycles. The van der Waals surface area contributed by atoms with Crippen LogP contribution in [0.2, 0.25) is 0 Å². The summed E-state index contributed by atoms with van der Waals surface area (Å²) in [7, 11) is 0. The first-order chi connectivity index (χ1) is 24.8. The van der Waals surface area contributed by atoms with E-state index in [0.29, 0.717) is 17.6 Å². The lowest BCUT2D eigenvalue weighted by Gasteiger charge is -2.12. The summed E-state index contributed by atoms with van der Waals surface area (Å²) in [6.45, 7) is 0. The third kappa shape index (κ3) is 3.80. The summed E-state index contributed by atoms with van der Waals surface area (Å²) in [5.41, 5.74) is 9.76. The van der Waals surface area contributed by atoms with Gasteiger partial charge in [0.25, 0.3) is 0 Å². The topological polar surface area (TPSA) is 48.0 Å². The number of hydrogen-bond donors (Lipinski definition) is 0. The Morgan fingerprint density at radius 3 is 1.58 bits per heavy atom. The second-order valence-corrected chi connectivity index (χ2v) is 12.9. The van der Waals surface area contributed by atoms with E-state index in [1.807, 2.05) is 6.07 Å². The molecule has 11 rings (SSSR count). The largest absolute Gasteiger partial charge is 0.307 e. The highest BCUT2D eigenvalue weighted by atomic mass is 15.2. The second-order valence-electron chi connectivity index (χ2n) is 12.9. The van der Waals surface area contributed by atoms with Crippen molar-refractivity contribution in [2.45, 2.75) is 0 Å². The third-order valence-electron chi connectivity index (χ3n) is 10.1. The molecule has 0 bridgehead atoms. The molecule has 4 aromatic heterocycles. The molecule has 0 fully saturated rings. The second kappa shape index (κ2) is 10.3. The molecule has 0 aliphatic rings. The molecule has 0 aliphatic carbocycles. The lowest BCUT2D eigenvalue weighted by Crippen LogP contribution is -2.06. The predicted octanol–water partition coefficient (Wildman–Crippen LogP) is 11.1. The Balaban J connectivity index is 1.25. The molecule has 0 radical (unpaired) electrons. The SMILES string of the molecule is c1ccc(-c2cccc(-c3nc(-c4cccc5c6cccc7c8ccccc8n(c45)c76)nc(-n4c5ccccc5c5ccccc54)n3)c2)cc1. The molecular weight excluding hydrogens is 611 g/mol. The molecule has 0 N–H and O–H groups in total. The van der Waals surface area contributed by atoms with E-state index in [1.54, 1.807) is 0 Å². The molecule has 7 aromatic carbocycles. The molecule has 0 spiro atoms. The van der Waals surface area contributed by atoms with Crippen LogP contribution in [0.3, 0.4) is 0 Å². The van der Waals surface area contributed by atoms with Crippen molar-refractivity contribution in [3.8, 4) is 39.9 Å². The number of fused-ring (bicyclic) bond motifs is 9. The maximum absolute atomic E-state index is 5.35. The van der Waals surface area contributed by atoms with Gasteiger partial charge in [0, 0.05) is 43.4 Å². The van der Waals surface area contributed by atoms with Crippen molar-refractivity contribution in [2.24, 2.45) is 0 Å². The molecule has 0 atom stereocenters. The van der Waals surface area contributed by atoms with Gasteiger partial charge in [-0.3, -0.25) is 4.57 Å². The van der Waals surface area contributed by atoms with Crippen molar-refractivity contribution in [1.29, 1.82) is 0 Å². The first kappa shape index (κ1) is 27.1. The lowest BCUT2D eigenvalue weighted by molar-refractivity contribution is 0.954. The van der Waals surface area contributed by atoms with Crippen LogP contribution in [0.15, 0.2) is 164 Å². The van der Waals surface area contributed by atoms with E-state index in [4.69, 9.17) is 15.0 Å². The maximum Gasteiger partial charge on any atom is 0.238 e. The highest BCUT2D eigenvalue weighted by molar-refractivity contribution is 6.24. The quantitative estimate of drug-likeness (QED) is 0.193. The van der Waals surface area contributed by atoms with Gasteiger partial charge in [0.1, 0.15) is 0 Å². The van der Waals surface area contributed by atoms with E-state index in [-0.39, 0.29) is 0 Å². The molecular formula is C45H27N5. The molecule has 0 amide bonds. The van der Waals surface area contributed by atoms with Crippen LogP contribution in [0.5, 0.6) is 0 Å². The summed E-state index contributed by atoms with van der Waals surface area (Å²) >= 11 is 0. The molecule has 0 unspecified atom stereocenters. The van der Waals surface area contributed by atoms with E-state index < -0.39 is 0 Å². The van der Waals surface area contributed by atoms with Gasteiger partial charge in [-0.1, -0.05) is 133 Å². The van der Waals surface area contributed by atoms with E-state index in [1.165, 1.54) is 32.6 Å². The average molecular weight is 638 g/mol. The summed E-state index contributed by atoms with van der Waals surface area (Å²) in [4.78, 5) is 15.9. The van der Waals surface area contributed by atoms with Crippen molar-refractivity contribution >= 4 is 59.9 Å². The molecule has 4 heterocycles. The van der Waals surface area contributed by atoms with Crippen molar-refractivity contribution in [2.75, 3.05) is 0 Å². The van der Waals surface area contributed by atoms with Gasteiger partial charge < -0.3 is 4.40 Å². The number of rotatable bonds is 4. The molecule has 5 nitrogen and oxygen atoms in total. The smallest absolute Gasteiger partial charge is 0.238 e. The highest BCUT2D eigenvalue weighted by Crippen LogP contribution is 2.42. The lowest BCUT2D eigenvalue weighted by atomic mass is 10.0. The first-order valence-electron chi connectivity index (χ1n) is 16.9. The van der Waals surface area contributed by atoms with Gasteiger partial charge >= 0.3 is 0 Å². The Hall–Kier alpha value is -6.85. The van der Waals surface area contributed by atoms with Crippen LogP contribution in [0.25, 0.3) is 99.8 Å². The zero-order valence-electron chi connectivity index (χ0n) is 26.8. The van der Waals surface area contributed by atoms with Crippen LogP contribution in [-0.4, -0.2) is 23.9 Å². The van der Waals surface area contributed by atoms with Gasteiger partial charge in [0.2, 0.25) is 5.95 Å². The Morgan fingerprint density at radius 2 is 0.840 bits per heavy atom. The van der Waals surface area contributed by atoms with E-state index in [0.717, 1.165) is 49.6 Å². The van der Waals surface area contributed by atoms with Gasteiger partial charge in [-0.05, 0) is 41.5 Å². The minimum atomic E-state index is 0.586. The van der Waals surface area contributed by atoms with Crippen LogP contribution >= 0.6 is 0 Å². The van der Waals surface area contributed by atoms with Gasteiger partial charge in [-0.15, -0.1) is 0 Å². The predicted molar refractivity (Wildman–Crippen MR) is 205 cm³/mol. The molecule has 5 heteroatoms. The summed E-state index contributed by atoms with van der Waals surface area (Å²) in [5, 5.41) is 7.22. The molecule has 232 valence electrons. The Labute approximate surface area is 286 Å². The minimum Gasteiger partial charge on any atom is -0.307 e. The van der Waals surface area contributed by atoms with E-state index >= 15 is 0 Å². The molecule has 0 saturated carbocycles. The number of nitrogens with zero attached hydrogens (tertiary/aromatic N) is 5. The summed E-state index contributed by atoms with van der Waals surface area (Å²) in [5.74, 6) is 1.84. The molecule has 11 aromatic rings. The Morgan fingerprint density at radius 1 is 0.340 bits per heavy atom. The van der Waals surface area contributed by atoms with Gasteiger partial charge in [0.15, 0.2) is 11.6 Å². The van der Waals surface area contributed by atoms with Crippen LogP contribution in [0.1, 0.15) is 0 Å². The number of para-hydroxylation sites is 5. The fraction of sp³-hybridized carbons (Fsp3) is 0. The van der Waals surface area contributed by atoms with Crippen LogP contribution in [0, 0.1) is 0 Å². The molecule has 50 heavy (non-hydrogen) atoms. The van der Waals surface area contributed by atoms with E-state index in [2.05, 4.69) is 167 Å². The summed E-state index contributed by atoms with van der Waals surface area (Å²) in [6.07, 6.45) is 0. The van der Waals surface area contributed by atoms with Crippen LogP contribution in [-0.2, 0) is 0 Å². The number of hydrogen-bond acceptors (Lipinski definition) is 3. The zero-order valence-corrected chi connectivity index (χ0v) is 26.8. The van der Waals surface area contributed by atoms with Crippen molar-refractivity contribution in [1.82, 2.24) is 23.9 Å². The van der Waals surface area contributed by atoms with Crippen molar-refractivity contribution < 1.29 is 0 Å². The number of benzene rings is 7. The standard InChI is InChI=1S/C45H27N5/c1-2-13-28(14-3-1)29-15-10-16-30(27-29)43-46-44(48-45(47-43)49-38-24-7-4-17-31(38)32-18-5-8-25-39(32)49)37-23-12-22-36-35-21-11-20-34-33-19-6-9-26-40(33)50(41(34)35)42(36)37/h1-27H. The fourth-order valence-corrected chi connectivity index (χ4v) is 7.97. The van der Waals surface area contributed by atoms with Gasteiger partial charge in [0.05, 0.1) is 27.6 Å². The van der Waals surface area contributed by atoms with E-state index in [9.17, 15) is 0 Å². The normalized spacial score (nSPS) is 12.0. The minimum absolute atomic E-state index is 0.586. The first-order valence-corrected chi connectivity index (χ1v) is 16.9. The highest BCUT2D eigenvalue weighted by Gasteiger charge is 2.23. The van der Waals surface area contributed by atoms with Gasteiger partial charge in [-0.25, -0.2) is 4.98 Å². The van der Waals surface area contributed by atoms with Crippen LogP contribution < -0.4 is 0 Å². The number of aromatic nitrogens is 5. The third-order valence-corrected chi connectivity index (χ3v) is 10.1. The Kier molecular flexibility index (Phi) is 5.60. The molecule has 0 saturated heterocycles. The average Bonchev–Trinajstić information content (AvgIpc) is 3.83. The maximum atomic E-state index is 5.35. The zero-order chi connectivity index (χ0) is 32.8. The van der Waals surface area contributed by atoms with Crippen molar-refractivity contribution in [3.63, 3.8) is 0 Å². The monoisotopic (exact) mass is 637 g/mol. The Bertz CT molecular complexity index is 3040. The summed E-state index contributed by atoms with van der Waals surface area (Å²) in [6, 6.07) is 57.7. The fourth-order valence-electron chi connectivity index (χ4n) is 7.97. The van der Waals surface area contributed by atoms with Crippen LogP contribution in [0.4, 0.5) is 0 Å². The summed E-state index contributed by atoms with van der Waals surface area (Å²) < 4.78 is 4.59.